The highest BCUT2D eigenvalue weighted by Gasteiger charge is 2.19. The average Bonchev–Trinajstić information content (AvgIpc) is 2.81. The number of rotatable bonds is 3. The molecule has 2 heterocycles. The fourth-order valence-corrected chi connectivity index (χ4v) is 1.53. The standard InChI is InChI=1S/C12H18N6/c1-5-13-10-6-9(12(2,3)4)15-11(16-10)8-7-14-18-17-8/h6-7H,5H2,1-4H3,(H,13,15,16)(H,14,17,18). The molecule has 0 radical (unpaired) electrons. The normalized spacial score (nSPS) is 11.6. The van der Waals surface area contributed by atoms with E-state index in [1.54, 1.807) is 6.20 Å². The van der Waals surface area contributed by atoms with Crippen LogP contribution in [0.25, 0.3) is 11.5 Å². The summed E-state index contributed by atoms with van der Waals surface area (Å²) in [6, 6.07) is 1.98. The van der Waals surface area contributed by atoms with E-state index in [1.165, 1.54) is 0 Å². The Balaban J connectivity index is 2.50. The fourth-order valence-electron chi connectivity index (χ4n) is 1.53. The number of nitrogens with one attached hydrogen (secondary N) is 2. The van der Waals surface area contributed by atoms with Crippen LogP contribution in [0.5, 0.6) is 0 Å². The molecule has 6 heteroatoms. The molecule has 2 rings (SSSR count). The zero-order chi connectivity index (χ0) is 13.2. The Hall–Kier alpha value is -1.98. The Morgan fingerprint density at radius 3 is 2.61 bits per heavy atom. The highest BCUT2D eigenvalue weighted by atomic mass is 15.3. The van der Waals surface area contributed by atoms with Crippen LogP contribution in [0.4, 0.5) is 5.82 Å². The quantitative estimate of drug-likeness (QED) is 0.865. The number of hydrogen-bond donors (Lipinski definition) is 2. The first-order valence-corrected chi connectivity index (χ1v) is 6.00. The summed E-state index contributed by atoms with van der Waals surface area (Å²) in [5.41, 5.74) is 1.60. The van der Waals surface area contributed by atoms with Gasteiger partial charge in [0.1, 0.15) is 11.5 Å². The second-order valence-electron chi connectivity index (χ2n) is 5.10. The van der Waals surface area contributed by atoms with Gasteiger partial charge in [0.15, 0.2) is 5.82 Å². The number of nitrogens with zero attached hydrogens (tertiary/aromatic N) is 4. The maximum absolute atomic E-state index is 4.56. The van der Waals surface area contributed by atoms with Crippen LogP contribution in [-0.2, 0) is 5.41 Å². The molecular formula is C12H18N6. The van der Waals surface area contributed by atoms with E-state index in [4.69, 9.17) is 0 Å². The van der Waals surface area contributed by atoms with Crippen LogP contribution in [0.15, 0.2) is 12.3 Å². The third-order valence-electron chi connectivity index (χ3n) is 2.50. The molecule has 0 aromatic carbocycles. The molecule has 96 valence electrons. The van der Waals surface area contributed by atoms with Crippen molar-refractivity contribution in [1.82, 2.24) is 25.4 Å². The van der Waals surface area contributed by atoms with Crippen LogP contribution in [0.2, 0.25) is 0 Å². The monoisotopic (exact) mass is 246 g/mol. The van der Waals surface area contributed by atoms with Crippen LogP contribution in [0.3, 0.4) is 0 Å². The van der Waals surface area contributed by atoms with Gasteiger partial charge < -0.3 is 5.32 Å². The Labute approximate surface area is 106 Å². The molecule has 0 fully saturated rings. The summed E-state index contributed by atoms with van der Waals surface area (Å²) in [6.45, 7) is 9.22. The van der Waals surface area contributed by atoms with Crippen LogP contribution in [0.1, 0.15) is 33.4 Å². The largest absolute Gasteiger partial charge is 0.370 e. The summed E-state index contributed by atoms with van der Waals surface area (Å²) in [6.07, 6.45) is 1.62. The van der Waals surface area contributed by atoms with E-state index in [-0.39, 0.29) is 5.41 Å². The molecule has 18 heavy (non-hydrogen) atoms. The van der Waals surface area contributed by atoms with E-state index >= 15 is 0 Å². The number of aromatic amines is 1. The van der Waals surface area contributed by atoms with Gasteiger partial charge in [0.05, 0.1) is 11.9 Å². The summed E-state index contributed by atoms with van der Waals surface area (Å²) in [7, 11) is 0. The molecule has 2 N–H and O–H groups in total. The lowest BCUT2D eigenvalue weighted by Crippen LogP contribution is -2.16. The van der Waals surface area contributed by atoms with Crippen molar-refractivity contribution < 1.29 is 0 Å². The minimum absolute atomic E-state index is 0.0361. The Morgan fingerprint density at radius 1 is 1.28 bits per heavy atom. The molecule has 0 unspecified atom stereocenters. The van der Waals surface area contributed by atoms with Gasteiger partial charge in [-0.2, -0.15) is 15.4 Å². The van der Waals surface area contributed by atoms with Crippen LogP contribution in [-0.4, -0.2) is 31.9 Å². The van der Waals surface area contributed by atoms with E-state index < -0.39 is 0 Å². The van der Waals surface area contributed by atoms with Crippen molar-refractivity contribution in [3.8, 4) is 11.5 Å². The second kappa shape index (κ2) is 4.72. The molecule has 0 bridgehead atoms. The highest BCUT2D eigenvalue weighted by molar-refractivity contribution is 5.52. The molecule has 0 saturated heterocycles. The fraction of sp³-hybridized carbons (Fsp3) is 0.500. The van der Waals surface area contributed by atoms with Crippen molar-refractivity contribution in [2.75, 3.05) is 11.9 Å². The van der Waals surface area contributed by atoms with Crippen molar-refractivity contribution in [2.24, 2.45) is 0 Å². The first-order chi connectivity index (χ1) is 8.50. The average molecular weight is 246 g/mol. The molecule has 0 amide bonds. The molecule has 0 atom stereocenters. The van der Waals surface area contributed by atoms with Crippen molar-refractivity contribution in [1.29, 1.82) is 0 Å². The molecular weight excluding hydrogens is 228 g/mol. The van der Waals surface area contributed by atoms with Gasteiger partial charge in [-0.3, -0.25) is 0 Å². The summed E-state index contributed by atoms with van der Waals surface area (Å²) in [5, 5.41) is 13.6. The van der Waals surface area contributed by atoms with Crippen molar-refractivity contribution in [3.05, 3.63) is 18.0 Å². The number of hydrogen-bond acceptors (Lipinski definition) is 5. The van der Waals surface area contributed by atoms with Crippen molar-refractivity contribution >= 4 is 5.82 Å². The van der Waals surface area contributed by atoms with Crippen LogP contribution >= 0.6 is 0 Å². The summed E-state index contributed by atoms with van der Waals surface area (Å²) in [5.74, 6) is 1.41. The summed E-state index contributed by atoms with van der Waals surface area (Å²) >= 11 is 0. The topological polar surface area (TPSA) is 79.4 Å². The first-order valence-electron chi connectivity index (χ1n) is 6.00. The molecule has 2 aromatic rings. The third-order valence-corrected chi connectivity index (χ3v) is 2.50. The van der Waals surface area contributed by atoms with Crippen molar-refractivity contribution in [3.63, 3.8) is 0 Å². The van der Waals surface area contributed by atoms with Gasteiger partial charge in [-0.25, -0.2) is 9.97 Å². The Morgan fingerprint density at radius 2 is 2.06 bits per heavy atom. The summed E-state index contributed by atoms with van der Waals surface area (Å²) in [4.78, 5) is 8.99. The smallest absolute Gasteiger partial charge is 0.184 e. The number of anilines is 1. The van der Waals surface area contributed by atoms with E-state index in [2.05, 4.69) is 51.5 Å². The van der Waals surface area contributed by atoms with Gasteiger partial charge >= 0.3 is 0 Å². The summed E-state index contributed by atoms with van der Waals surface area (Å²) < 4.78 is 0. The van der Waals surface area contributed by atoms with Gasteiger partial charge in [0.25, 0.3) is 0 Å². The van der Waals surface area contributed by atoms with Gasteiger partial charge in [-0.1, -0.05) is 20.8 Å². The van der Waals surface area contributed by atoms with Gasteiger partial charge in [0, 0.05) is 18.0 Å². The second-order valence-corrected chi connectivity index (χ2v) is 5.10. The molecule has 0 aliphatic heterocycles. The van der Waals surface area contributed by atoms with Gasteiger partial charge in [-0.05, 0) is 6.92 Å². The maximum atomic E-state index is 4.56. The zero-order valence-electron chi connectivity index (χ0n) is 11.2. The number of H-pyrrole nitrogens is 1. The molecule has 0 aliphatic rings. The molecule has 0 saturated carbocycles. The maximum Gasteiger partial charge on any atom is 0.184 e. The van der Waals surface area contributed by atoms with E-state index in [9.17, 15) is 0 Å². The van der Waals surface area contributed by atoms with Crippen LogP contribution in [0, 0.1) is 0 Å². The predicted molar refractivity (Wildman–Crippen MR) is 70.3 cm³/mol. The minimum Gasteiger partial charge on any atom is -0.370 e. The highest BCUT2D eigenvalue weighted by Crippen LogP contribution is 2.24. The van der Waals surface area contributed by atoms with Crippen molar-refractivity contribution in [2.45, 2.75) is 33.1 Å². The lowest BCUT2D eigenvalue weighted by atomic mass is 9.92. The van der Waals surface area contributed by atoms with E-state index in [1.807, 2.05) is 13.0 Å². The van der Waals surface area contributed by atoms with E-state index in [0.717, 1.165) is 18.1 Å². The Kier molecular flexibility index (Phi) is 3.27. The molecule has 0 aliphatic carbocycles. The van der Waals surface area contributed by atoms with Gasteiger partial charge in [-0.15, -0.1) is 0 Å². The number of aromatic nitrogens is 5. The molecule has 6 nitrogen and oxygen atoms in total. The molecule has 2 aromatic heterocycles. The minimum atomic E-state index is -0.0361. The third kappa shape index (κ3) is 2.64. The van der Waals surface area contributed by atoms with Gasteiger partial charge in [0.2, 0.25) is 0 Å². The van der Waals surface area contributed by atoms with Crippen LogP contribution < -0.4 is 5.32 Å². The Bertz CT molecular complexity index is 512. The van der Waals surface area contributed by atoms with E-state index in [0.29, 0.717) is 11.5 Å². The predicted octanol–water partition coefficient (Wildman–Crippen LogP) is 1.99. The lowest BCUT2D eigenvalue weighted by Gasteiger charge is -2.19. The first kappa shape index (κ1) is 12.5. The zero-order valence-corrected chi connectivity index (χ0v) is 11.2. The lowest BCUT2D eigenvalue weighted by molar-refractivity contribution is 0.568. The SMILES string of the molecule is CCNc1cc(C(C)(C)C)nc(-c2cn[nH]n2)n1. The molecule has 0 spiro atoms.